The molecule has 0 spiro atoms. The van der Waals surface area contributed by atoms with Gasteiger partial charge in [-0.2, -0.15) is 0 Å². The van der Waals surface area contributed by atoms with Crippen LogP contribution in [-0.4, -0.2) is 25.0 Å². The molecule has 4 heteroatoms. The molecule has 1 fully saturated rings. The fourth-order valence-electron chi connectivity index (χ4n) is 3.19. The standard InChI is InChI=1S/C16H23BrN2O/c1-11-7-12(2)10-19(9-11)13(3)16(20)18-15-6-4-5-14(17)8-15/h4-6,8,11-13H,7,9-10H2,1-3H3,(H,18,20)/p+1/t11-,12+,13-/m0/s1. The number of carbonyl (C=O) groups excluding carboxylic acids is 1. The van der Waals surface area contributed by atoms with E-state index in [1.165, 1.54) is 11.3 Å². The molecule has 110 valence electrons. The molecule has 1 amide bonds. The van der Waals surface area contributed by atoms with Crippen LogP contribution in [0.4, 0.5) is 5.69 Å². The highest BCUT2D eigenvalue weighted by atomic mass is 79.9. The lowest BCUT2D eigenvalue weighted by atomic mass is 9.91. The quantitative estimate of drug-likeness (QED) is 0.870. The molecule has 1 unspecified atom stereocenters. The first-order chi connectivity index (χ1) is 9.45. The second-order valence-electron chi connectivity index (χ2n) is 6.23. The molecule has 0 bridgehead atoms. The highest BCUT2D eigenvalue weighted by Crippen LogP contribution is 2.16. The third-order valence-corrected chi connectivity index (χ3v) is 4.62. The predicted octanol–water partition coefficient (Wildman–Crippen LogP) is 2.34. The lowest BCUT2D eigenvalue weighted by Gasteiger charge is -2.35. The Balaban J connectivity index is 1.98. The highest BCUT2D eigenvalue weighted by Gasteiger charge is 2.32. The first-order valence-electron chi connectivity index (χ1n) is 7.36. The summed E-state index contributed by atoms with van der Waals surface area (Å²) in [7, 11) is 0. The number of rotatable bonds is 3. The van der Waals surface area contributed by atoms with Gasteiger partial charge in [0.15, 0.2) is 6.04 Å². The molecule has 0 aromatic heterocycles. The number of benzene rings is 1. The molecule has 1 aliphatic rings. The molecule has 1 heterocycles. The van der Waals surface area contributed by atoms with E-state index in [-0.39, 0.29) is 11.9 Å². The molecule has 2 N–H and O–H groups in total. The van der Waals surface area contributed by atoms with Gasteiger partial charge in [-0.05, 0) is 31.5 Å². The summed E-state index contributed by atoms with van der Waals surface area (Å²) < 4.78 is 0.982. The largest absolute Gasteiger partial charge is 0.324 e. The van der Waals surface area contributed by atoms with Crippen LogP contribution in [0, 0.1) is 11.8 Å². The Bertz CT molecular complexity index is 467. The number of halogens is 1. The Kier molecular flexibility index (Phi) is 5.22. The SMILES string of the molecule is C[C@@H]1C[C@H](C)C[NH+]([C@@H](C)C(=O)Nc2cccc(Br)c2)C1. The van der Waals surface area contributed by atoms with Crippen LogP contribution in [0.15, 0.2) is 28.7 Å². The molecule has 1 aliphatic heterocycles. The van der Waals surface area contributed by atoms with E-state index in [0.717, 1.165) is 23.2 Å². The van der Waals surface area contributed by atoms with Gasteiger partial charge in [-0.25, -0.2) is 0 Å². The number of quaternary nitrogens is 1. The lowest BCUT2D eigenvalue weighted by molar-refractivity contribution is -0.925. The zero-order valence-electron chi connectivity index (χ0n) is 12.4. The van der Waals surface area contributed by atoms with Crippen LogP contribution < -0.4 is 10.2 Å². The second-order valence-corrected chi connectivity index (χ2v) is 7.15. The van der Waals surface area contributed by atoms with Crippen molar-refractivity contribution >= 4 is 27.5 Å². The molecule has 1 aromatic rings. The maximum Gasteiger partial charge on any atom is 0.282 e. The molecule has 0 aliphatic carbocycles. The zero-order valence-corrected chi connectivity index (χ0v) is 14.0. The van der Waals surface area contributed by atoms with Gasteiger partial charge in [0.1, 0.15) is 0 Å². The van der Waals surface area contributed by atoms with E-state index in [4.69, 9.17) is 0 Å². The average Bonchev–Trinajstić information content (AvgIpc) is 2.36. The van der Waals surface area contributed by atoms with Crippen molar-refractivity contribution in [3.05, 3.63) is 28.7 Å². The molecule has 0 saturated carbocycles. The van der Waals surface area contributed by atoms with E-state index in [1.807, 2.05) is 31.2 Å². The summed E-state index contributed by atoms with van der Waals surface area (Å²) in [6.07, 6.45) is 1.28. The van der Waals surface area contributed by atoms with Crippen LogP contribution >= 0.6 is 15.9 Å². The molecular formula is C16H24BrN2O+. The molecule has 0 radical (unpaired) electrons. The normalized spacial score (nSPS) is 27.9. The Labute approximate surface area is 129 Å². The summed E-state index contributed by atoms with van der Waals surface area (Å²) in [6.45, 7) is 8.80. The van der Waals surface area contributed by atoms with Gasteiger partial charge in [-0.1, -0.05) is 35.8 Å². The van der Waals surface area contributed by atoms with Crippen LogP contribution in [0.25, 0.3) is 0 Å². The first-order valence-corrected chi connectivity index (χ1v) is 8.16. The minimum Gasteiger partial charge on any atom is -0.324 e. The lowest BCUT2D eigenvalue weighted by Crippen LogP contribution is -3.18. The number of carbonyl (C=O) groups is 1. The van der Waals surface area contributed by atoms with Crippen molar-refractivity contribution in [2.75, 3.05) is 18.4 Å². The first kappa shape index (κ1) is 15.5. The number of likely N-dealkylation sites (tertiary alicyclic amines) is 1. The van der Waals surface area contributed by atoms with Crippen molar-refractivity contribution in [1.29, 1.82) is 0 Å². The van der Waals surface area contributed by atoms with E-state index < -0.39 is 0 Å². The third kappa shape index (κ3) is 4.06. The minimum absolute atomic E-state index is 0.000758. The number of nitrogens with one attached hydrogen (secondary N) is 2. The van der Waals surface area contributed by atoms with Crippen molar-refractivity contribution in [3.8, 4) is 0 Å². The van der Waals surface area contributed by atoms with Crippen LogP contribution in [0.1, 0.15) is 27.2 Å². The van der Waals surface area contributed by atoms with Crippen molar-refractivity contribution in [1.82, 2.24) is 0 Å². The monoisotopic (exact) mass is 339 g/mol. The van der Waals surface area contributed by atoms with Crippen LogP contribution in [0.3, 0.4) is 0 Å². The van der Waals surface area contributed by atoms with E-state index in [2.05, 4.69) is 35.1 Å². The van der Waals surface area contributed by atoms with Gasteiger partial charge >= 0.3 is 0 Å². The second kappa shape index (κ2) is 6.72. The smallest absolute Gasteiger partial charge is 0.282 e. The molecule has 4 atom stereocenters. The van der Waals surface area contributed by atoms with Crippen LogP contribution in [0.5, 0.6) is 0 Å². The molecule has 3 nitrogen and oxygen atoms in total. The van der Waals surface area contributed by atoms with Crippen LogP contribution in [0.2, 0.25) is 0 Å². The average molecular weight is 340 g/mol. The van der Waals surface area contributed by atoms with Gasteiger partial charge < -0.3 is 10.2 Å². The summed E-state index contributed by atoms with van der Waals surface area (Å²) in [5.41, 5.74) is 0.855. The molecular weight excluding hydrogens is 316 g/mol. The molecule has 1 saturated heterocycles. The number of piperidine rings is 1. The minimum atomic E-state index is -0.000758. The topological polar surface area (TPSA) is 33.5 Å². The molecule has 20 heavy (non-hydrogen) atoms. The van der Waals surface area contributed by atoms with Gasteiger partial charge in [-0.3, -0.25) is 4.79 Å². The van der Waals surface area contributed by atoms with Crippen LogP contribution in [-0.2, 0) is 4.79 Å². The number of anilines is 1. The van der Waals surface area contributed by atoms with Gasteiger partial charge in [-0.15, -0.1) is 0 Å². The van der Waals surface area contributed by atoms with Crippen molar-refractivity contribution in [3.63, 3.8) is 0 Å². The number of hydrogen-bond acceptors (Lipinski definition) is 1. The third-order valence-electron chi connectivity index (χ3n) is 4.12. The van der Waals surface area contributed by atoms with Crippen molar-refractivity contribution < 1.29 is 9.69 Å². The summed E-state index contributed by atoms with van der Waals surface area (Å²) in [4.78, 5) is 13.8. The Morgan fingerprint density at radius 3 is 2.60 bits per heavy atom. The summed E-state index contributed by atoms with van der Waals surface area (Å²) in [5.74, 6) is 1.52. The highest BCUT2D eigenvalue weighted by molar-refractivity contribution is 9.10. The molecule has 2 rings (SSSR count). The van der Waals surface area contributed by atoms with E-state index in [1.54, 1.807) is 0 Å². The Morgan fingerprint density at radius 2 is 2.00 bits per heavy atom. The fourth-order valence-corrected chi connectivity index (χ4v) is 3.59. The van der Waals surface area contributed by atoms with Gasteiger partial charge in [0.05, 0.1) is 13.1 Å². The Hall–Kier alpha value is -0.870. The van der Waals surface area contributed by atoms with Gasteiger partial charge in [0, 0.05) is 22.0 Å². The van der Waals surface area contributed by atoms with Gasteiger partial charge in [0.2, 0.25) is 0 Å². The van der Waals surface area contributed by atoms with Crippen molar-refractivity contribution in [2.45, 2.75) is 33.2 Å². The molecule has 1 aromatic carbocycles. The van der Waals surface area contributed by atoms with E-state index >= 15 is 0 Å². The fraction of sp³-hybridized carbons (Fsp3) is 0.562. The van der Waals surface area contributed by atoms with Gasteiger partial charge in [0.25, 0.3) is 5.91 Å². The predicted molar refractivity (Wildman–Crippen MR) is 85.9 cm³/mol. The summed E-state index contributed by atoms with van der Waals surface area (Å²) in [5, 5.41) is 3.02. The maximum atomic E-state index is 12.4. The zero-order chi connectivity index (χ0) is 14.7. The van der Waals surface area contributed by atoms with E-state index in [0.29, 0.717) is 11.8 Å². The van der Waals surface area contributed by atoms with E-state index in [9.17, 15) is 4.79 Å². The maximum absolute atomic E-state index is 12.4. The Morgan fingerprint density at radius 1 is 1.35 bits per heavy atom. The summed E-state index contributed by atoms with van der Waals surface area (Å²) >= 11 is 3.42. The van der Waals surface area contributed by atoms with Crippen molar-refractivity contribution in [2.24, 2.45) is 11.8 Å². The summed E-state index contributed by atoms with van der Waals surface area (Å²) in [6, 6.07) is 7.74. The number of amides is 1. The number of hydrogen-bond donors (Lipinski definition) is 2.